The van der Waals surface area contributed by atoms with Crippen LogP contribution in [0.5, 0.6) is 0 Å². The molecule has 3 aromatic rings. The van der Waals surface area contributed by atoms with Crippen LogP contribution in [0.3, 0.4) is 0 Å². The summed E-state index contributed by atoms with van der Waals surface area (Å²) in [5.41, 5.74) is 2.71. The van der Waals surface area contributed by atoms with Crippen LogP contribution >= 0.6 is 23.7 Å². The van der Waals surface area contributed by atoms with Crippen molar-refractivity contribution in [3.8, 4) is 0 Å². The molecule has 0 aliphatic heterocycles. The van der Waals surface area contributed by atoms with E-state index in [0.29, 0.717) is 18.8 Å². The molecule has 0 unspecified atom stereocenters. The van der Waals surface area contributed by atoms with Gasteiger partial charge < -0.3 is 4.90 Å². The highest BCUT2D eigenvalue weighted by molar-refractivity contribution is 7.22. The van der Waals surface area contributed by atoms with Gasteiger partial charge in [-0.3, -0.25) is 14.4 Å². The number of aromatic nitrogens is 3. The van der Waals surface area contributed by atoms with Crippen LogP contribution in [0.1, 0.15) is 29.4 Å². The Kier molecular flexibility index (Phi) is 7.35. The van der Waals surface area contributed by atoms with Gasteiger partial charge in [0.25, 0.3) is 5.91 Å². The molecule has 27 heavy (non-hydrogen) atoms. The maximum Gasteiger partial charge on any atom is 0.278 e. The zero-order valence-corrected chi connectivity index (χ0v) is 17.8. The second kappa shape index (κ2) is 9.30. The van der Waals surface area contributed by atoms with Gasteiger partial charge in [0.1, 0.15) is 5.69 Å². The van der Waals surface area contributed by atoms with Crippen LogP contribution in [-0.4, -0.2) is 52.8 Å². The van der Waals surface area contributed by atoms with Crippen LogP contribution in [0.2, 0.25) is 0 Å². The molecule has 146 valence electrons. The average molecular weight is 408 g/mol. The van der Waals surface area contributed by atoms with Crippen molar-refractivity contribution in [3.63, 3.8) is 0 Å². The van der Waals surface area contributed by atoms with E-state index < -0.39 is 0 Å². The number of amides is 1. The van der Waals surface area contributed by atoms with Gasteiger partial charge in [0, 0.05) is 19.3 Å². The fourth-order valence-corrected chi connectivity index (χ4v) is 3.99. The number of thiazole rings is 1. The molecule has 0 radical (unpaired) electrons. The minimum atomic E-state index is -0.0418. The minimum Gasteiger partial charge on any atom is -0.309 e. The van der Waals surface area contributed by atoms with Crippen molar-refractivity contribution in [1.82, 2.24) is 19.7 Å². The lowest BCUT2D eigenvalue weighted by molar-refractivity contribution is 0.0975. The maximum absolute atomic E-state index is 13.2. The van der Waals surface area contributed by atoms with Gasteiger partial charge in [-0.25, -0.2) is 4.98 Å². The molecule has 0 aliphatic carbocycles. The van der Waals surface area contributed by atoms with E-state index in [0.717, 1.165) is 33.9 Å². The third-order valence-electron chi connectivity index (χ3n) is 4.31. The van der Waals surface area contributed by atoms with E-state index in [1.54, 1.807) is 33.2 Å². The quantitative estimate of drug-likeness (QED) is 0.597. The van der Waals surface area contributed by atoms with Crippen molar-refractivity contribution in [3.05, 3.63) is 41.7 Å². The number of halogens is 1. The second-order valence-electron chi connectivity index (χ2n) is 6.56. The van der Waals surface area contributed by atoms with Crippen molar-refractivity contribution in [1.29, 1.82) is 0 Å². The van der Waals surface area contributed by atoms with Gasteiger partial charge in [0.05, 0.1) is 10.2 Å². The largest absolute Gasteiger partial charge is 0.309 e. The average Bonchev–Trinajstić information content (AvgIpc) is 3.25. The van der Waals surface area contributed by atoms with E-state index >= 15 is 0 Å². The maximum atomic E-state index is 13.2. The molecule has 1 amide bonds. The molecular formula is C19H26ClN5OS. The summed E-state index contributed by atoms with van der Waals surface area (Å²) in [4.78, 5) is 21.9. The smallest absolute Gasteiger partial charge is 0.278 e. The topological polar surface area (TPSA) is 54.3 Å². The van der Waals surface area contributed by atoms with E-state index in [-0.39, 0.29) is 18.3 Å². The fourth-order valence-electron chi connectivity index (χ4n) is 2.92. The molecule has 0 saturated carbocycles. The highest BCUT2D eigenvalue weighted by atomic mass is 35.5. The number of anilines is 1. The molecule has 2 aromatic heterocycles. The first-order valence-electron chi connectivity index (χ1n) is 8.85. The molecule has 0 aliphatic rings. The number of benzene rings is 1. The van der Waals surface area contributed by atoms with Gasteiger partial charge in [-0.05, 0) is 58.6 Å². The van der Waals surface area contributed by atoms with Crippen molar-refractivity contribution in [2.75, 3.05) is 32.1 Å². The summed E-state index contributed by atoms with van der Waals surface area (Å²) in [6.07, 6.45) is 2.56. The zero-order chi connectivity index (χ0) is 18.7. The molecule has 0 atom stereocenters. The number of hydrogen-bond donors (Lipinski definition) is 0. The number of carbonyl (C=O) groups is 1. The third kappa shape index (κ3) is 4.66. The number of aryl methyl sites for hydroxylation is 2. The monoisotopic (exact) mass is 407 g/mol. The number of carbonyl (C=O) groups excluding carboxylic acids is 1. The number of rotatable bonds is 7. The molecule has 8 heteroatoms. The SMILES string of the molecule is CCn1nccc1C(=O)N(CCCN(C)C)c1nc2c(C)cccc2s1.Cl. The van der Waals surface area contributed by atoms with Crippen LogP contribution in [0.4, 0.5) is 5.13 Å². The molecule has 2 heterocycles. The van der Waals surface area contributed by atoms with Crippen molar-refractivity contribution < 1.29 is 4.79 Å². The summed E-state index contributed by atoms with van der Waals surface area (Å²) < 4.78 is 2.84. The van der Waals surface area contributed by atoms with Crippen LogP contribution in [0, 0.1) is 6.92 Å². The lowest BCUT2D eigenvalue weighted by Gasteiger charge is -2.21. The van der Waals surface area contributed by atoms with E-state index in [1.165, 1.54) is 0 Å². The van der Waals surface area contributed by atoms with E-state index in [4.69, 9.17) is 4.98 Å². The molecule has 0 saturated heterocycles. The highest BCUT2D eigenvalue weighted by Crippen LogP contribution is 2.31. The molecule has 0 N–H and O–H groups in total. The van der Waals surface area contributed by atoms with Crippen molar-refractivity contribution in [2.24, 2.45) is 0 Å². The normalized spacial score (nSPS) is 11.0. The predicted octanol–water partition coefficient (Wildman–Crippen LogP) is 3.84. The van der Waals surface area contributed by atoms with Gasteiger partial charge in [-0.1, -0.05) is 23.5 Å². The van der Waals surface area contributed by atoms with E-state index in [9.17, 15) is 4.79 Å². The third-order valence-corrected chi connectivity index (χ3v) is 5.35. The highest BCUT2D eigenvalue weighted by Gasteiger charge is 2.24. The molecule has 3 rings (SSSR count). The first-order valence-corrected chi connectivity index (χ1v) is 9.67. The number of hydrogen-bond acceptors (Lipinski definition) is 5. The summed E-state index contributed by atoms with van der Waals surface area (Å²) >= 11 is 1.57. The molecular weight excluding hydrogens is 382 g/mol. The molecule has 0 spiro atoms. The number of para-hydroxylation sites is 1. The van der Waals surface area contributed by atoms with Crippen LogP contribution in [0.25, 0.3) is 10.2 Å². The summed E-state index contributed by atoms with van der Waals surface area (Å²) in [7, 11) is 4.08. The zero-order valence-electron chi connectivity index (χ0n) is 16.2. The Balaban J connectivity index is 0.00000261. The molecule has 1 aromatic carbocycles. The van der Waals surface area contributed by atoms with Gasteiger partial charge in [-0.15, -0.1) is 12.4 Å². The summed E-state index contributed by atoms with van der Waals surface area (Å²) in [5.74, 6) is -0.0418. The van der Waals surface area contributed by atoms with Crippen LogP contribution in [0.15, 0.2) is 30.5 Å². The molecule has 0 bridgehead atoms. The minimum absolute atomic E-state index is 0. The predicted molar refractivity (Wildman–Crippen MR) is 114 cm³/mol. The summed E-state index contributed by atoms with van der Waals surface area (Å²) in [6.45, 7) is 6.25. The van der Waals surface area contributed by atoms with E-state index in [2.05, 4.69) is 29.1 Å². The fraction of sp³-hybridized carbons (Fsp3) is 0.421. The Labute approximate surface area is 170 Å². The lowest BCUT2D eigenvalue weighted by Crippen LogP contribution is -2.34. The van der Waals surface area contributed by atoms with Gasteiger partial charge in [0.2, 0.25) is 0 Å². The number of nitrogens with zero attached hydrogens (tertiary/aromatic N) is 5. The van der Waals surface area contributed by atoms with Crippen molar-refractivity contribution >= 4 is 45.0 Å². The first kappa shape index (κ1) is 21.3. The Morgan fingerprint density at radius 2 is 2.00 bits per heavy atom. The molecule has 0 fully saturated rings. The van der Waals surface area contributed by atoms with Crippen LogP contribution in [-0.2, 0) is 6.54 Å². The Morgan fingerprint density at radius 3 is 2.67 bits per heavy atom. The van der Waals surface area contributed by atoms with E-state index in [1.807, 2.05) is 27.1 Å². The lowest BCUT2D eigenvalue weighted by atomic mass is 10.2. The standard InChI is InChI=1S/C19H25N5OS.ClH/c1-5-24-15(10-11-20-24)18(25)23(13-7-12-22(3)4)19-21-17-14(2)8-6-9-16(17)26-19;/h6,8-11H,5,7,12-13H2,1-4H3;1H. The summed E-state index contributed by atoms with van der Waals surface area (Å²) in [6, 6.07) is 7.92. The van der Waals surface area contributed by atoms with Gasteiger partial charge in [-0.2, -0.15) is 5.10 Å². The summed E-state index contributed by atoms with van der Waals surface area (Å²) in [5, 5.41) is 4.99. The Morgan fingerprint density at radius 1 is 1.22 bits per heavy atom. The molecule has 6 nitrogen and oxygen atoms in total. The first-order chi connectivity index (χ1) is 12.5. The van der Waals surface area contributed by atoms with Gasteiger partial charge >= 0.3 is 0 Å². The van der Waals surface area contributed by atoms with Gasteiger partial charge in [0.15, 0.2) is 5.13 Å². The second-order valence-corrected chi connectivity index (χ2v) is 7.57. The number of fused-ring (bicyclic) bond motifs is 1. The Hall–Kier alpha value is -1.96. The van der Waals surface area contributed by atoms with Crippen LogP contribution < -0.4 is 4.90 Å². The Bertz CT molecular complexity index is 905. The van der Waals surface area contributed by atoms with Crippen molar-refractivity contribution in [2.45, 2.75) is 26.8 Å².